The van der Waals surface area contributed by atoms with E-state index < -0.39 is 338 Å². The number of nitrogens with zero attached hydrogens (tertiary/aromatic N) is 3. The monoisotopic (exact) mass is 1850 g/mol. The number of imidazole rings is 1. The first-order valence-electron chi connectivity index (χ1n) is 35.8. The minimum Gasteiger partial charge on any atom is -0.396 e. The van der Waals surface area contributed by atoms with Crippen molar-refractivity contribution in [3.05, 3.63) is 18.6 Å². The molecule has 3 amide bonds. The topological polar surface area (TPSA) is 782 Å². The van der Waals surface area contributed by atoms with E-state index in [0.717, 1.165) is 20.8 Å². The summed E-state index contributed by atoms with van der Waals surface area (Å²) in [7, 11) is -30.6. The maximum Gasteiger partial charge on any atom is 0.474 e. The fraction of sp³-hybridized carbons (Fsp3) is 0.845. The molecule has 4 fully saturated rings. The predicted molar refractivity (Wildman–Crippen MR) is 386 cm³/mol. The quantitative estimate of drug-likeness (QED) is 0.0167. The zero-order chi connectivity index (χ0) is 88.3. The molecule has 4 saturated heterocycles. The lowest BCUT2D eigenvalue weighted by molar-refractivity contribution is -0.271. The summed E-state index contributed by atoms with van der Waals surface area (Å²) in [6.07, 6.45) is -20.3. The van der Waals surface area contributed by atoms with E-state index in [9.17, 15) is 122 Å². The number of carbonyl (C=O) groups excluding carboxylic acids is 3. The molecule has 0 aromatic carbocycles. The number of nitrogens with two attached hydrogens (primary N) is 1. The molecular formula is C58H105N7O48P6. The molecule has 21 N–H and O–H groups in total. The largest absolute Gasteiger partial charge is 0.474 e. The molecule has 4 aliphatic rings. The molecule has 6 heterocycles. The predicted octanol–water partition coefficient (Wildman–Crippen LogP) is -5.71. The van der Waals surface area contributed by atoms with Crippen LogP contribution in [0.5, 0.6) is 0 Å². The molecule has 2 aromatic heterocycles. The number of aromatic nitrogens is 3. The summed E-state index contributed by atoms with van der Waals surface area (Å²) in [5.74, 6) is -3.10. The van der Waals surface area contributed by atoms with Gasteiger partial charge in [-0.3, -0.25) is 64.2 Å². The Kier molecular flexibility index (Phi) is 43.1. The van der Waals surface area contributed by atoms with Crippen molar-refractivity contribution in [1.82, 2.24) is 30.5 Å². The summed E-state index contributed by atoms with van der Waals surface area (Å²) >= 11 is 0. The van der Waals surface area contributed by atoms with Gasteiger partial charge in [0.05, 0.1) is 135 Å². The summed E-state index contributed by atoms with van der Waals surface area (Å²) < 4.78 is 202. The van der Waals surface area contributed by atoms with Crippen molar-refractivity contribution in [2.45, 2.75) is 157 Å². The van der Waals surface area contributed by atoms with Crippen LogP contribution in [0.25, 0.3) is 11.0 Å². The molecule has 4 aliphatic heterocycles. The first-order chi connectivity index (χ1) is 55.9. The van der Waals surface area contributed by atoms with Crippen LogP contribution in [0.4, 0.5) is 5.82 Å². The van der Waals surface area contributed by atoms with Gasteiger partial charge in [0.25, 0.3) is 0 Å². The van der Waals surface area contributed by atoms with Crippen LogP contribution in [0.15, 0.2) is 18.6 Å². The lowest BCUT2D eigenvalue weighted by atomic mass is 9.92. The van der Waals surface area contributed by atoms with E-state index >= 15 is 0 Å². The second-order valence-electron chi connectivity index (χ2n) is 26.8. The Morgan fingerprint density at radius 2 is 0.882 bits per heavy atom. The number of phosphoric acid groups is 5. The fourth-order valence-corrected chi connectivity index (χ4v) is 15.1. The molecule has 0 bridgehead atoms. The van der Waals surface area contributed by atoms with E-state index in [-0.39, 0.29) is 12.2 Å². The number of pyridine rings is 1. The Bertz CT molecular complexity index is 3530. The molecule has 0 aliphatic carbocycles. The number of ether oxygens (including phenoxy) is 12. The maximum absolute atomic E-state index is 13.7. The molecule has 119 heavy (non-hydrogen) atoms. The number of hydrogen-bond donors (Lipinski definition) is 20. The summed E-state index contributed by atoms with van der Waals surface area (Å²) in [6, 6.07) is -2.74. The van der Waals surface area contributed by atoms with E-state index in [0.29, 0.717) is 11.0 Å². The van der Waals surface area contributed by atoms with E-state index in [1.807, 2.05) is 0 Å². The van der Waals surface area contributed by atoms with E-state index in [1.54, 1.807) is 6.07 Å². The van der Waals surface area contributed by atoms with Crippen LogP contribution in [-0.4, -0.2) is 369 Å². The van der Waals surface area contributed by atoms with Crippen molar-refractivity contribution < 1.29 is 229 Å². The molecule has 2 aromatic rings. The Labute approximate surface area is 677 Å². The number of carbonyl (C=O) groups is 3. The number of rotatable bonds is 57. The van der Waals surface area contributed by atoms with Crippen LogP contribution in [-0.2, 0) is 148 Å². The second kappa shape index (κ2) is 49.1. The fourth-order valence-electron chi connectivity index (χ4n) is 11.2. The van der Waals surface area contributed by atoms with Crippen molar-refractivity contribution in [2.75, 3.05) is 152 Å². The Morgan fingerprint density at radius 1 is 0.504 bits per heavy atom. The minimum atomic E-state index is -5.49. The van der Waals surface area contributed by atoms with E-state index in [2.05, 4.69) is 25.9 Å². The molecular weight excluding hydrogens is 1750 g/mol. The zero-order valence-electron chi connectivity index (χ0n) is 64.4. The molecule has 6 rings (SSSR count). The first kappa shape index (κ1) is 104. The van der Waals surface area contributed by atoms with Gasteiger partial charge in [-0.05, 0) is 6.07 Å². The summed E-state index contributed by atoms with van der Waals surface area (Å²) in [6.45, 7) is -13.7. The molecule has 61 heteroatoms. The highest BCUT2D eigenvalue weighted by atomic mass is 31.2. The van der Waals surface area contributed by atoms with Gasteiger partial charge in [-0.25, -0.2) is 32.8 Å². The highest BCUT2D eigenvalue weighted by molar-refractivity contribution is 7.53. The average molecular weight is 1850 g/mol. The summed E-state index contributed by atoms with van der Waals surface area (Å²) in [5.41, 5.74) is 3.62. The number of anilines is 1. The van der Waals surface area contributed by atoms with Gasteiger partial charge in [-0.1, -0.05) is 13.8 Å². The number of phosphoric ester groups is 5. The number of nitrogen functional groups attached to an aromatic ring is 1. The highest BCUT2D eigenvalue weighted by Gasteiger charge is 2.50. The maximum atomic E-state index is 13.7. The standard InChI is InChI=1S/C58H105N7O48P6/c1-32(2)114(79,80)102-21-42-38(14-43(109-42)65-26-61-44-37(65)6-7-60-54(44)59)113-119(89,90)108-28-92-20-36(15-66)19-91-27-104-118(87,88)103-25-58(22-93-29-105-115(81,82)99-11-8-96-55-45(62-33(3)70)51(76)48(73)39(16-67)110-55,23-94-30-106-116(83,84)100-12-9-97-56-46(63-34(4)71)52(77)49(74)40(17-68)111-56)24-95-31-107-117(85,86)101-13-10-98-57-47(64-35(5)72)53(78)50(75)41(18-69)112-57/h6-7,26,32,36,38-43,45-53,55-57,66-69,73-78H,8-25,27-31H2,1-5H3,(H2,59,60)(H,62,70)(H,63,71)(H,64,72)(H,79,80)(H,81,82)(H,83,84)(H,85,86)(H,87,88)(H,89,90)/t36?,38-,39?,40?,41?,42+,43+,45?,46?,47?,48-,49-,50-,51+,52+,53+,55+,56+,57+,58?/m0/s1. The number of aliphatic hydroxyl groups excluding tert-OH is 10. The van der Waals surface area contributed by atoms with Gasteiger partial charge in [-0.15, -0.1) is 0 Å². The molecule has 0 spiro atoms. The number of aliphatic hydroxyl groups is 10. The number of amides is 3. The third-order valence-electron chi connectivity index (χ3n) is 17.2. The zero-order valence-corrected chi connectivity index (χ0v) is 69.7. The smallest absolute Gasteiger partial charge is 0.396 e. The van der Waals surface area contributed by atoms with E-state index in [1.165, 1.54) is 30.9 Å². The summed E-state index contributed by atoms with van der Waals surface area (Å²) in [4.78, 5) is 108. The lowest BCUT2D eigenvalue weighted by Crippen LogP contribution is -2.64. The minimum absolute atomic E-state index is 0.0881. The second-order valence-corrected chi connectivity index (χ2v) is 36.4. The van der Waals surface area contributed by atoms with Gasteiger partial charge >= 0.3 is 46.7 Å². The molecule has 0 saturated carbocycles. The van der Waals surface area contributed by atoms with E-state index in [4.69, 9.17) is 112 Å². The van der Waals surface area contributed by atoms with Gasteiger partial charge in [-0.2, -0.15) is 0 Å². The van der Waals surface area contributed by atoms with Gasteiger partial charge in [0.15, 0.2) is 58.7 Å². The third-order valence-corrected chi connectivity index (χ3v) is 23.7. The first-order valence-corrected chi connectivity index (χ1v) is 44.9. The van der Waals surface area contributed by atoms with Gasteiger partial charge in [0.1, 0.15) is 97.0 Å². The Morgan fingerprint density at radius 3 is 1.25 bits per heavy atom. The van der Waals surface area contributed by atoms with Crippen LogP contribution in [0, 0.1) is 11.3 Å². The molecule has 13 unspecified atom stereocenters. The van der Waals surface area contributed by atoms with Crippen molar-refractivity contribution in [2.24, 2.45) is 11.3 Å². The molecule has 690 valence electrons. The highest BCUT2D eigenvalue weighted by Crippen LogP contribution is 2.52. The molecule has 55 nitrogen and oxygen atoms in total. The lowest BCUT2D eigenvalue weighted by Gasteiger charge is -2.42. The van der Waals surface area contributed by atoms with Crippen LogP contribution in [0.2, 0.25) is 0 Å². The van der Waals surface area contributed by atoms with Gasteiger partial charge in [0.2, 0.25) is 17.7 Å². The van der Waals surface area contributed by atoms with Gasteiger partial charge in [0, 0.05) is 39.3 Å². The normalized spacial score (nSPS) is 30.1. The number of hydrogen-bond acceptors (Lipinski definition) is 45. The van der Waals surface area contributed by atoms with Crippen LogP contribution in [0.3, 0.4) is 0 Å². The number of nitrogens with one attached hydrogen (secondary N) is 3. The molecule has 25 atom stereocenters. The van der Waals surface area contributed by atoms with Gasteiger partial charge < -0.3 is 168 Å². The number of fused-ring (bicyclic) bond motifs is 1. The third kappa shape index (κ3) is 34.1. The van der Waals surface area contributed by atoms with Crippen molar-refractivity contribution >= 4 is 81.3 Å². The summed E-state index contributed by atoms with van der Waals surface area (Å²) in [5, 5.41) is 109. The van der Waals surface area contributed by atoms with Crippen molar-refractivity contribution in [1.29, 1.82) is 0 Å². The Hall–Kier alpha value is -3.35. The van der Waals surface area contributed by atoms with Crippen molar-refractivity contribution in [3.63, 3.8) is 0 Å². The molecule has 0 radical (unpaired) electrons. The van der Waals surface area contributed by atoms with Crippen LogP contribution < -0.4 is 21.7 Å². The van der Waals surface area contributed by atoms with Crippen LogP contribution in [0.1, 0.15) is 47.3 Å². The van der Waals surface area contributed by atoms with Crippen LogP contribution >= 0.6 is 46.7 Å². The Balaban J connectivity index is 1.12. The van der Waals surface area contributed by atoms with Crippen molar-refractivity contribution in [3.8, 4) is 0 Å². The average Bonchev–Trinajstić information content (AvgIpc) is 1.05. The SMILES string of the molecule is CC(=O)NC1[C@H](OCCOP(=O)(O)OCOCC(COCOP(=O)(O)OCCO[C@@H]2OC(CO)[C@H](O)[C@H](O)C2NC(C)=O)(COCOP(=O)(O)OCCO[C@@H]2OC(CO)[C@H](O)[C@H](O)C2NC(C)=O)COP(=O)(O)OCOCC(CO)COCOP(=O)(O)O[C@H]2C[C@H](n3cnc4c(N)nccc43)O[C@@H]2COP(=O)(O)C(C)C)OC(CO)[C@H](O)[C@@H]1O.